The normalized spacial score (nSPS) is 27.8. The number of carbonyl (C=O) groups is 1. The van der Waals surface area contributed by atoms with Gasteiger partial charge in [-0.05, 0) is 64.4 Å². The van der Waals surface area contributed by atoms with Crippen LogP contribution in [0.1, 0.15) is 58.1 Å². The summed E-state index contributed by atoms with van der Waals surface area (Å²) in [7, 11) is 0. The number of pyridine rings is 1. The number of thiol groups is 1. The molecule has 1 aliphatic heterocycles. The van der Waals surface area contributed by atoms with Gasteiger partial charge >= 0.3 is 0 Å². The molecule has 0 radical (unpaired) electrons. The third kappa shape index (κ3) is 3.88. The van der Waals surface area contributed by atoms with Crippen molar-refractivity contribution in [3.63, 3.8) is 0 Å². The Morgan fingerprint density at radius 3 is 2.64 bits per heavy atom. The number of nitriles is 1. The number of aliphatic hydroxyl groups is 1. The fraction of sp³-hybridized carbons (Fsp3) is 0.650. The molecule has 1 aromatic rings. The molecule has 1 atom stereocenters. The van der Waals surface area contributed by atoms with Crippen LogP contribution in [0.3, 0.4) is 0 Å². The smallest absolute Gasteiger partial charge is 0.249 e. The Morgan fingerprint density at radius 2 is 2.07 bits per heavy atom. The van der Waals surface area contributed by atoms with Crippen molar-refractivity contribution in [2.24, 2.45) is 5.92 Å². The molecule has 2 aliphatic rings. The third-order valence-corrected chi connectivity index (χ3v) is 6.83. The summed E-state index contributed by atoms with van der Waals surface area (Å²) in [4.78, 5) is 21.1. The second-order valence-electron chi connectivity index (χ2n) is 8.16. The van der Waals surface area contributed by atoms with Gasteiger partial charge in [-0.1, -0.05) is 11.6 Å². The van der Waals surface area contributed by atoms with E-state index in [1.54, 1.807) is 11.0 Å². The lowest BCUT2D eigenvalue weighted by molar-refractivity contribution is -0.124. The number of nitrogens with zero attached hydrogens (tertiary/aromatic N) is 4. The molecule has 8 heteroatoms. The van der Waals surface area contributed by atoms with E-state index in [-0.39, 0.29) is 29.3 Å². The summed E-state index contributed by atoms with van der Waals surface area (Å²) in [6.07, 6.45) is 7.69. The molecule has 1 aliphatic carbocycles. The first kappa shape index (κ1) is 21.4. The molecular formula is C20H27ClN4O2S. The van der Waals surface area contributed by atoms with Crippen molar-refractivity contribution in [1.29, 1.82) is 5.26 Å². The summed E-state index contributed by atoms with van der Waals surface area (Å²) in [5, 5.41) is 18.3. The minimum atomic E-state index is -0.685. The molecule has 2 fully saturated rings. The van der Waals surface area contributed by atoms with Gasteiger partial charge in [-0.2, -0.15) is 5.26 Å². The Bertz CT molecular complexity index is 774. The lowest BCUT2D eigenvalue weighted by Gasteiger charge is -2.41. The number of aromatic nitrogens is 1. The molecule has 1 saturated carbocycles. The highest BCUT2D eigenvalue weighted by atomic mass is 35.5. The molecule has 28 heavy (non-hydrogen) atoms. The van der Waals surface area contributed by atoms with Gasteiger partial charge in [0.1, 0.15) is 11.6 Å². The zero-order valence-electron chi connectivity index (χ0n) is 16.3. The van der Waals surface area contributed by atoms with Crippen molar-refractivity contribution in [3.8, 4) is 6.07 Å². The Hall–Kier alpha value is -1.33. The highest BCUT2D eigenvalue weighted by Crippen LogP contribution is 2.42. The summed E-state index contributed by atoms with van der Waals surface area (Å²) in [6.45, 7) is 4.13. The van der Waals surface area contributed by atoms with Crippen molar-refractivity contribution in [3.05, 3.63) is 23.0 Å². The molecule has 0 aromatic carbocycles. The minimum absolute atomic E-state index is 0.0440. The number of rotatable bonds is 5. The first-order valence-electron chi connectivity index (χ1n) is 9.78. The van der Waals surface area contributed by atoms with E-state index in [4.69, 9.17) is 34.6 Å². The molecule has 1 unspecified atom stereocenters. The maximum Gasteiger partial charge on any atom is 0.249 e. The second-order valence-corrected chi connectivity index (χ2v) is 9.03. The monoisotopic (exact) mass is 422 g/mol. The summed E-state index contributed by atoms with van der Waals surface area (Å²) in [5.41, 5.74) is -0.395. The Kier molecular flexibility index (Phi) is 6.55. The van der Waals surface area contributed by atoms with Crippen molar-refractivity contribution < 1.29 is 9.90 Å². The summed E-state index contributed by atoms with van der Waals surface area (Å²) < 4.78 is 0. The summed E-state index contributed by atoms with van der Waals surface area (Å²) >= 11 is 10.9. The standard InChI is InChI=1S/C20H27ClN4O2S/c1-20(2)18(27)24(15-10-16(21)17(11-22)23-12-15)19(28)25(20)14-7-5-13(6-8-14)4-3-9-26/h10,12-14,19,26,28H,3-9H2,1-2H3. The molecule has 152 valence electrons. The van der Waals surface area contributed by atoms with Gasteiger partial charge < -0.3 is 5.11 Å². The first-order valence-corrected chi connectivity index (χ1v) is 10.7. The highest BCUT2D eigenvalue weighted by Gasteiger charge is 2.53. The third-order valence-electron chi connectivity index (χ3n) is 6.06. The average Bonchev–Trinajstić information content (AvgIpc) is 2.85. The molecule has 6 nitrogen and oxygen atoms in total. The molecular weight excluding hydrogens is 396 g/mol. The molecule has 1 aromatic heterocycles. The molecule has 2 heterocycles. The zero-order chi connectivity index (χ0) is 20.5. The zero-order valence-corrected chi connectivity index (χ0v) is 18.0. The Morgan fingerprint density at radius 1 is 1.39 bits per heavy atom. The van der Waals surface area contributed by atoms with Gasteiger partial charge in [0.15, 0.2) is 5.69 Å². The SMILES string of the molecule is CC1(C)C(=O)N(c2cnc(C#N)c(Cl)c2)C(S)N1C1CCC(CCCO)CC1. The number of anilines is 1. The van der Waals surface area contributed by atoms with Crippen LogP contribution in [0.5, 0.6) is 0 Å². The van der Waals surface area contributed by atoms with Crippen LogP contribution in [0.25, 0.3) is 0 Å². The molecule has 0 bridgehead atoms. The average molecular weight is 423 g/mol. The van der Waals surface area contributed by atoms with Gasteiger partial charge in [0, 0.05) is 12.6 Å². The summed E-state index contributed by atoms with van der Waals surface area (Å²) in [5.74, 6) is 0.610. The highest BCUT2D eigenvalue weighted by molar-refractivity contribution is 7.81. The van der Waals surface area contributed by atoms with E-state index in [9.17, 15) is 4.79 Å². The predicted molar refractivity (Wildman–Crippen MR) is 112 cm³/mol. The van der Waals surface area contributed by atoms with E-state index in [0.29, 0.717) is 11.6 Å². The number of halogens is 1. The number of hydrogen-bond acceptors (Lipinski definition) is 6. The van der Waals surface area contributed by atoms with Crippen LogP contribution in [-0.4, -0.2) is 44.6 Å². The molecule has 1 amide bonds. The van der Waals surface area contributed by atoms with Gasteiger partial charge in [-0.3, -0.25) is 14.6 Å². The van der Waals surface area contributed by atoms with E-state index < -0.39 is 11.0 Å². The number of carbonyl (C=O) groups excluding carboxylic acids is 1. The molecule has 1 N–H and O–H groups in total. The maximum atomic E-state index is 13.2. The van der Waals surface area contributed by atoms with Gasteiger partial charge in [-0.25, -0.2) is 4.98 Å². The van der Waals surface area contributed by atoms with Crippen LogP contribution >= 0.6 is 24.2 Å². The molecule has 3 rings (SSSR count). The first-order chi connectivity index (χ1) is 13.3. The second kappa shape index (κ2) is 8.58. The summed E-state index contributed by atoms with van der Waals surface area (Å²) in [6, 6.07) is 3.83. The van der Waals surface area contributed by atoms with E-state index in [1.807, 2.05) is 19.9 Å². The van der Waals surface area contributed by atoms with E-state index >= 15 is 0 Å². The van der Waals surface area contributed by atoms with Crippen LogP contribution in [0.15, 0.2) is 12.3 Å². The number of aliphatic hydroxyl groups excluding tert-OH is 1. The lowest BCUT2D eigenvalue weighted by atomic mass is 9.82. The number of amides is 1. The van der Waals surface area contributed by atoms with E-state index in [1.165, 1.54) is 6.20 Å². The Balaban J connectivity index is 1.80. The van der Waals surface area contributed by atoms with Crippen LogP contribution < -0.4 is 4.90 Å². The van der Waals surface area contributed by atoms with Gasteiger partial charge in [0.2, 0.25) is 5.91 Å². The van der Waals surface area contributed by atoms with Crippen LogP contribution in [0.2, 0.25) is 5.02 Å². The topological polar surface area (TPSA) is 80.5 Å². The Labute approximate surface area is 176 Å². The van der Waals surface area contributed by atoms with Gasteiger partial charge in [-0.15, -0.1) is 12.6 Å². The fourth-order valence-electron chi connectivity index (χ4n) is 4.55. The largest absolute Gasteiger partial charge is 0.396 e. The van der Waals surface area contributed by atoms with E-state index in [0.717, 1.165) is 38.5 Å². The molecule has 1 saturated heterocycles. The van der Waals surface area contributed by atoms with Gasteiger partial charge in [0.25, 0.3) is 0 Å². The van der Waals surface area contributed by atoms with Crippen LogP contribution in [0, 0.1) is 17.2 Å². The van der Waals surface area contributed by atoms with Crippen molar-refractivity contribution in [2.45, 2.75) is 69.5 Å². The van der Waals surface area contributed by atoms with E-state index in [2.05, 4.69) is 9.88 Å². The minimum Gasteiger partial charge on any atom is -0.396 e. The fourth-order valence-corrected chi connectivity index (χ4v) is 5.47. The van der Waals surface area contributed by atoms with Crippen molar-refractivity contribution in [1.82, 2.24) is 9.88 Å². The maximum absolute atomic E-state index is 13.2. The molecule has 0 spiro atoms. The van der Waals surface area contributed by atoms with Crippen LogP contribution in [-0.2, 0) is 4.79 Å². The van der Waals surface area contributed by atoms with Crippen molar-refractivity contribution in [2.75, 3.05) is 11.5 Å². The quantitative estimate of drug-likeness (QED) is 0.709. The van der Waals surface area contributed by atoms with Gasteiger partial charge in [0.05, 0.1) is 22.4 Å². The van der Waals surface area contributed by atoms with Crippen molar-refractivity contribution >= 4 is 35.8 Å². The van der Waals surface area contributed by atoms with Crippen LogP contribution in [0.4, 0.5) is 5.69 Å². The predicted octanol–water partition coefficient (Wildman–Crippen LogP) is 3.58. The number of hydrogen-bond donors (Lipinski definition) is 2. The lowest BCUT2D eigenvalue weighted by Crippen LogP contribution is -2.51.